The van der Waals surface area contributed by atoms with Crippen molar-refractivity contribution in [3.63, 3.8) is 0 Å². The van der Waals surface area contributed by atoms with Crippen molar-refractivity contribution in [2.45, 2.75) is 51.0 Å². The lowest BCUT2D eigenvalue weighted by Crippen LogP contribution is -2.33. The van der Waals surface area contributed by atoms with E-state index in [1.807, 2.05) is 54.6 Å². The van der Waals surface area contributed by atoms with Crippen LogP contribution in [0.2, 0.25) is 0 Å². The van der Waals surface area contributed by atoms with Crippen LogP contribution in [0.1, 0.15) is 59.0 Å². The van der Waals surface area contributed by atoms with Crippen LogP contribution in [0, 0.1) is 11.3 Å². The van der Waals surface area contributed by atoms with Gasteiger partial charge in [0.25, 0.3) is 0 Å². The fourth-order valence-corrected chi connectivity index (χ4v) is 6.94. The first-order chi connectivity index (χ1) is 24.2. The van der Waals surface area contributed by atoms with Gasteiger partial charge in [-0.05, 0) is 96.2 Å². The molecule has 0 radical (unpaired) electrons. The fraction of sp³-hybridized carbons (Fsp3) is 0.279. The molecule has 1 fully saturated rings. The molecule has 0 amide bonds. The SMILES string of the molecule is N#CC1c2cc(OCc3ccccc3)ccc2N(Cc2ccc(OCCN3CCCCC3)cc2)C1c1ccc(OCc2ccccc2)cc1. The molecule has 2 unspecified atom stereocenters. The minimum atomic E-state index is -0.372. The molecule has 2 atom stereocenters. The molecule has 0 aliphatic carbocycles. The van der Waals surface area contributed by atoms with Gasteiger partial charge in [0.1, 0.15) is 37.1 Å². The highest BCUT2D eigenvalue weighted by Gasteiger charge is 2.40. The molecule has 49 heavy (non-hydrogen) atoms. The van der Waals surface area contributed by atoms with Gasteiger partial charge in [0.2, 0.25) is 0 Å². The topological polar surface area (TPSA) is 58.0 Å². The monoisotopic (exact) mass is 649 g/mol. The third kappa shape index (κ3) is 8.08. The van der Waals surface area contributed by atoms with Gasteiger partial charge in [-0.15, -0.1) is 0 Å². The van der Waals surface area contributed by atoms with Gasteiger partial charge in [-0.3, -0.25) is 4.90 Å². The Kier molecular flexibility index (Phi) is 10.4. The third-order valence-electron chi connectivity index (χ3n) is 9.55. The number of nitrogens with zero attached hydrogens (tertiary/aromatic N) is 3. The maximum atomic E-state index is 10.6. The second kappa shape index (κ2) is 15.8. The molecular weight excluding hydrogens is 606 g/mol. The molecule has 0 spiro atoms. The van der Waals surface area contributed by atoms with Crippen LogP contribution in [0.4, 0.5) is 5.69 Å². The minimum Gasteiger partial charge on any atom is -0.492 e. The zero-order chi connectivity index (χ0) is 33.3. The lowest BCUT2D eigenvalue weighted by atomic mass is 9.91. The van der Waals surface area contributed by atoms with Gasteiger partial charge in [0.15, 0.2) is 0 Å². The Morgan fingerprint density at radius 1 is 0.612 bits per heavy atom. The molecule has 5 aromatic carbocycles. The van der Waals surface area contributed by atoms with Crippen molar-refractivity contribution < 1.29 is 14.2 Å². The molecule has 2 aliphatic rings. The summed E-state index contributed by atoms with van der Waals surface area (Å²) in [6.07, 6.45) is 3.92. The van der Waals surface area contributed by atoms with E-state index in [9.17, 15) is 5.26 Å². The number of fused-ring (bicyclic) bond motifs is 1. The molecule has 0 bridgehead atoms. The molecule has 2 heterocycles. The Morgan fingerprint density at radius 2 is 1.20 bits per heavy atom. The number of nitriles is 1. The van der Waals surface area contributed by atoms with Gasteiger partial charge in [0, 0.05) is 18.8 Å². The zero-order valence-electron chi connectivity index (χ0n) is 27.9. The van der Waals surface area contributed by atoms with E-state index in [1.165, 1.54) is 32.4 Å². The fourth-order valence-electron chi connectivity index (χ4n) is 6.94. The van der Waals surface area contributed by atoms with Gasteiger partial charge < -0.3 is 19.1 Å². The summed E-state index contributed by atoms with van der Waals surface area (Å²) in [5, 5.41) is 10.6. The number of benzene rings is 5. The maximum absolute atomic E-state index is 10.6. The van der Waals surface area contributed by atoms with Crippen molar-refractivity contribution in [1.29, 1.82) is 5.26 Å². The minimum absolute atomic E-state index is 0.173. The van der Waals surface area contributed by atoms with E-state index >= 15 is 0 Å². The highest BCUT2D eigenvalue weighted by Crippen LogP contribution is 2.50. The summed E-state index contributed by atoms with van der Waals surface area (Å²) in [5.74, 6) is 2.08. The van der Waals surface area contributed by atoms with Gasteiger partial charge in [-0.25, -0.2) is 0 Å². The molecule has 0 N–H and O–H groups in total. The van der Waals surface area contributed by atoms with Gasteiger partial charge in [0.05, 0.1) is 18.0 Å². The smallest absolute Gasteiger partial charge is 0.120 e. The number of piperidine rings is 1. The molecule has 1 saturated heterocycles. The van der Waals surface area contributed by atoms with Crippen LogP contribution in [0.15, 0.2) is 127 Å². The number of likely N-dealkylation sites (tertiary alicyclic amines) is 1. The summed E-state index contributed by atoms with van der Waals surface area (Å²) < 4.78 is 18.4. The van der Waals surface area contributed by atoms with Gasteiger partial charge in [-0.2, -0.15) is 5.26 Å². The van der Waals surface area contributed by atoms with Crippen molar-refractivity contribution in [2.24, 2.45) is 0 Å². The number of hydrogen-bond donors (Lipinski definition) is 0. The van der Waals surface area contributed by atoms with Crippen LogP contribution in [0.5, 0.6) is 17.2 Å². The number of ether oxygens (including phenoxy) is 3. The highest BCUT2D eigenvalue weighted by atomic mass is 16.5. The van der Waals surface area contributed by atoms with Crippen LogP contribution in [0.25, 0.3) is 0 Å². The Hall–Kier alpha value is -5.25. The molecule has 0 saturated carbocycles. The molecule has 7 rings (SSSR count). The Bertz CT molecular complexity index is 1820. The average Bonchev–Trinajstić information content (AvgIpc) is 3.47. The van der Waals surface area contributed by atoms with E-state index in [-0.39, 0.29) is 12.0 Å². The summed E-state index contributed by atoms with van der Waals surface area (Å²) in [5.41, 5.74) is 6.49. The summed E-state index contributed by atoms with van der Waals surface area (Å²) in [4.78, 5) is 4.85. The van der Waals surface area contributed by atoms with E-state index in [0.717, 1.165) is 57.3 Å². The Labute approximate surface area is 290 Å². The summed E-state index contributed by atoms with van der Waals surface area (Å²) >= 11 is 0. The highest BCUT2D eigenvalue weighted by molar-refractivity contribution is 5.67. The van der Waals surface area contributed by atoms with Gasteiger partial charge >= 0.3 is 0 Å². The second-order valence-electron chi connectivity index (χ2n) is 12.9. The van der Waals surface area contributed by atoms with E-state index in [4.69, 9.17) is 14.2 Å². The standard InChI is InChI=1S/C43H43N3O3/c44-29-41-40-28-39(49-32-35-12-6-2-7-13-35)22-23-42(40)46(30-33-14-18-37(19-15-33)47-27-26-45-24-8-3-9-25-45)43(41)36-16-20-38(21-17-36)48-31-34-10-4-1-5-11-34/h1-2,4-7,10-23,28,41,43H,3,8-9,24-27,30-32H2. The first kappa shape index (κ1) is 32.3. The molecule has 0 aromatic heterocycles. The zero-order valence-corrected chi connectivity index (χ0v) is 27.9. The Morgan fingerprint density at radius 3 is 1.86 bits per heavy atom. The van der Waals surface area contributed by atoms with Crippen molar-refractivity contribution in [3.05, 3.63) is 155 Å². The van der Waals surface area contributed by atoms with Gasteiger partial charge in [-0.1, -0.05) is 91.3 Å². The van der Waals surface area contributed by atoms with E-state index in [2.05, 4.69) is 88.7 Å². The Balaban J connectivity index is 1.10. The molecule has 6 heteroatoms. The second-order valence-corrected chi connectivity index (χ2v) is 12.9. The lowest BCUT2D eigenvalue weighted by Gasteiger charge is -2.29. The number of hydrogen-bond acceptors (Lipinski definition) is 6. The summed E-state index contributed by atoms with van der Waals surface area (Å²) in [7, 11) is 0. The predicted molar refractivity (Wildman–Crippen MR) is 194 cm³/mol. The maximum Gasteiger partial charge on any atom is 0.120 e. The first-order valence-corrected chi connectivity index (χ1v) is 17.4. The van der Waals surface area contributed by atoms with Crippen molar-refractivity contribution in [2.75, 3.05) is 31.1 Å². The molecular formula is C43H43N3O3. The van der Waals surface area contributed by atoms with Crippen molar-refractivity contribution in [3.8, 4) is 23.3 Å². The third-order valence-corrected chi connectivity index (χ3v) is 9.55. The van der Waals surface area contributed by atoms with E-state index < -0.39 is 0 Å². The largest absolute Gasteiger partial charge is 0.492 e. The van der Waals surface area contributed by atoms with Crippen LogP contribution in [-0.4, -0.2) is 31.1 Å². The van der Waals surface area contributed by atoms with E-state index in [1.54, 1.807) is 0 Å². The van der Waals surface area contributed by atoms with Crippen LogP contribution >= 0.6 is 0 Å². The van der Waals surface area contributed by atoms with E-state index in [0.29, 0.717) is 26.4 Å². The predicted octanol–water partition coefficient (Wildman–Crippen LogP) is 9.08. The van der Waals surface area contributed by atoms with Crippen molar-refractivity contribution in [1.82, 2.24) is 4.90 Å². The quantitative estimate of drug-likeness (QED) is 0.127. The lowest BCUT2D eigenvalue weighted by molar-refractivity contribution is 0.183. The number of anilines is 1. The summed E-state index contributed by atoms with van der Waals surface area (Å²) in [6, 6.07) is 45.6. The molecule has 5 aromatic rings. The molecule has 2 aliphatic heterocycles. The van der Waals surface area contributed by atoms with Crippen LogP contribution in [-0.2, 0) is 19.8 Å². The average molecular weight is 650 g/mol. The van der Waals surface area contributed by atoms with Crippen LogP contribution in [0.3, 0.4) is 0 Å². The van der Waals surface area contributed by atoms with Crippen molar-refractivity contribution >= 4 is 5.69 Å². The summed E-state index contributed by atoms with van der Waals surface area (Å²) in [6.45, 7) is 5.65. The molecule has 6 nitrogen and oxygen atoms in total. The first-order valence-electron chi connectivity index (χ1n) is 17.4. The normalized spacial score (nSPS) is 17.2. The van der Waals surface area contributed by atoms with Crippen LogP contribution < -0.4 is 19.1 Å². The molecule has 248 valence electrons. The number of rotatable bonds is 13.